The van der Waals surface area contributed by atoms with Crippen LogP contribution < -0.4 is 14.3 Å². The maximum atomic E-state index is 12.0. The molecule has 0 saturated carbocycles. The van der Waals surface area contributed by atoms with Gasteiger partial charge in [0, 0.05) is 0 Å². The van der Waals surface area contributed by atoms with Crippen molar-refractivity contribution in [3.63, 3.8) is 0 Å². The van der Waals surface area contributed by atoms with Crippen LogP contribution in [0.4, 0.5) is 0 Å². The molecule has 0 bridgehead atoms. The van der Waals surface area contributed by atoms with Crippen LogP contribution in [0, 0.1) is 0 Å². The zero-order chi connectivity index (χ0) is 17.6. The summed E-state index contributed by atoms with van der Waals surface area (Å²) in [6, 6.07) is 8.51. The average Bonchev–Trinajstić information content (AvgIpc) is 3.04. The van der Waals surface area contributed by atoms with E-state index in [1.807, 2.05) is 20.8 Å². The van der Waals surface area contributed by atoms with Gasteiger partial charge in [-0.2, -0.15) is 18.4 Å². The summed E-state index contributed by atoms with van der Waals surface area (Å²) in [6.07, 6.45) is 1.45. The Morgan fingerprint density at radius 3 is 2.71 bits per heavy atom. The summed E-state index contributed by atoms with van der Waals surface area (Å²) < 4.78 is 35.4. The molecule has 1 aromatic heterocycles. The monoisotopic (exact) mass is 368 g/mol. The fraction of sp³-hybridized carbons (Fsp3) is 0.312. The van der Waals surface area contributed by atoms with Crippen molar-refractivity contribution in [3.8, 4) is 11.5 Å². The molecule has 2 rings (SSSR count). The van der Waals surface area contributed by atoms with Crippen LogP contribution >= 0.6 is 11.3 Å². The van der Waals surface area contributed by atoms with Crippen molar-refractivity contribution >= 4 is 27.6 Å². The Morgan fingerprint density at radius 1 is 1.29 bits per heavy atom. The first-order valence-corrected chi connectivity index (χ1v) is 9.80. The van der Waals surface area contributed by atoms with Crippen molar-refractivity contribution in [3.05, 3.63) is 41.3 Å². The number of hydrogen-bond donors (Lipinski definition) is 1. The third-order valence-corrected chi connectivity index (χ3v) is 5.40. The predicted octanol–water partition coefficient (Wildman–Crippen LogP) is 3.25. The molecule has 8 heteroatoms. The number of benzene rings is 1. The van der Waals surface area contributed by atoms with E-state index in [2.05, 4.69) is 9.93 Å². The Hall–Kier alpha value is -2.06. The molecule has 0 unspecified atom stereocenters. The zero-order valence-corrected chi connectivity index (χ0v) is 15.4. The summed E-state index contributed by atoms with van der Waals surface area (Å²) in [5.41, 5.74) is 0.698. The third kappa shape index (κ3) is 4.97. The quantitative estimate of drug-likeness (QED) is 0.573. The summed E-state index contributed by atoms with van der Waals surface area (Å²) >= 11 is 1.13. The fourth-order valence-corrected chi connectivity index (χ4v) is 3.63. The maximum Gasteiger partial charge on any atom is 0.286 e. The highest BCUT2D eigenvalue weighted by molar-refractivity contribution is 7.91. The minimum Gasteiger partial charge on any atom is -0.490 e. The molecule has 1 heterocycles. The average molecular weight is 368 g/mol. The first-order chi connectivity index (χ1) is 11.4. The molecule has 1 aromatic carbocycles. The molecule has 0 saturated heterocycles. The van der Waals surface area contributed by atoms with Gasteiger partial charge in [-0.25, -0.2) is 0 Å². The van der Waals surface area contributed by atoms with E-state index in [1.165, 1.54) is 12.3 Å². The molecule has 0 aliphatic heterocycles. The highest BCUT2D eigenvalue weighted by atomic mass is 32.2. The molecule has 24 heavy (non-hydrogen) atoms. The lowest BCUT2D eigenvalue weighted by Gasteiger charge is -2.14. The topological polar surface area (TPSA) is 77.0 Å². The first kappa shape index (κ1) is 18.3. The van der Waals surface area contributed by atoms with Crippen molar-refractivity contribution in [2.24, 2.45) is 5.10 Å². The molecule has 0 radical (unpaired) electrons. The van der Waals surface area contributed by atoms with Gasteiger partial charge >= 0.3 is 0 Å². The second-order valence-electron chi connectivity index (χ2n) is 5.09. The van der Waals surface area contributed by atoms with Gasteiger partial charge in [0.05, 0.1) is 18.9 Å². The lowest BCUT2D eigenvalue weighted by atomic mass is 10.2. The molecule has 0 spiro atoms. The Balaban J connectivity index is 2.13. The Kier molecular flexibility index (Phi) is 6.22. The molecule has 2 aromatic rings. The fourth-order valence-electron chi connectivity index (χ4n) is 1.86. The van der Waals surface area contributed by atoms with E-state index >= 15 is 0 Å². The van der Waals surface area contributed by atoms with Gasteiger partial charge < -0.3 is 9.47 Å². The standard InChI is InChI=1S/C16H20N2O4S2/c1-4-21-15-10-13(7-8-14(15)22-12(2)3)11-17-18-24(19,20)16-6-5-9-23-16/h5-12,18H,4H2,1-3H3/b17-11+. The largest absolute Gasteiger partial charge is 0.490 e. The Labute approximate surface area is 146 Å². The summed E-state index contributed by atoms with van der Waals surface area (Å²) in [7, 11) is -3.62. The van der Waals surface area contributed by atoms with E-state index in [1.54, 1.807) is 29.6 Å². The van der Waals surface area contributed by atoms with Crippen LogP contribution in [-0.2, 0) is 10.0 Å². The van der Waals surface area contributed by atoms with Crippen LogP contribution in [0.1, 0.15) is 26.3 Å². The van der Waals surface area contributed by atoms with Crippen molar-refractivity contribution in [1.29, 1.82) is 0 Å². The van der Waals surface area contributed by atoms with Gasteiger partial charge in [0.2, 0.25) is 0 Å². The SMILES string of the molecule is CCOc1cc(/C=N/NS(=O)(=O)c2cccs2)ccc1OC(C)C. The van der Waals surface area contributed by atoms with Gasteiger partial charge in [-0.05, 0) is 56.0 Å². The van der Waals surface area contributed by atoms with Gasteiger partial charge in [-0.3, -0.25) is 0 Å². The van der Waals surface area contributed by atoms with Crippen molar-refractivity contribution in [1.82, 2.24) is 4.83 Å². The number of hydrogen-bond acceptors (Lipinski definition) is 6. The van der Waals surface area contributed by atoms with E-state index in [0.29, 0.717) is 23.7 Å². The van der Waals surface area contributed by atoms with Crippen molar-refractivity contribution < 1.29 is 17.9 Å². The van der Waals surface area contributed by atoms with E-state index in [0.717, 1.165) is 11.3 Å². The Morgan fingerprint density at radius 2 is 2.08 bits per heavy atom. The molecule has 0 aliphatic carbocycles. The summed E-state index contributed by atoms with van der Waals surface area (Å²) in [6.45, 7) is 6.25. The lowest BCUT2D eigenvalue weighted by molar-refractivity contribution is 0.224. The van der Waals surface area contributed by atoms with E-state index < -0.39 is 10.0 Å². The van der Waals surface area contributed by atoms with Gasteiger partial charge in [0.25, 0.3) is 10.0 Å². The van der Waals surface area contributed by atoms with Gasteiger partial charge in [0.15, 0.2) is 11.5 Å². The number of nitrogens with one attached hydrogen (secondary N) is 1. The molecule has 0 aliphatic rings. The van der Waals surface area contributed by atoms with Crippen LogP contribution in [-0.4, -0.2) is 27.3 Å². The van der Waals surface area contributed by atoms with Gasteiger partial charge in [-0.1, -0.05) is 6.07 Å². The molecule has 130 valence electrons. The van der Waals surface area contributed by atoms with E-state index in [9.17, 15) is 8.42 Å². The molecule has 0 atom stereocenters. The van der Waals surface area contributed by atoms with E-state index in [-0.39, 0.29) is 10.3 Å². The van der Waals surface area contributed by atoms with Gasteiger partial charge in [-0.15, -0.1) is 11.3 Å². The predicted molar refractivity (Wildman–Crippen MR) is 95.6 cm³/mol. The summed E-state index contributed by atoms with van der Waals surface area (Å²) in [5.74, 6) is 1.24. The van der Waals surface area contributed by atoms with Crippen molar-refractivity contribution in [2.75, 3.05) is 6.61 Å². The Bertz CT molecular complexity index is 784. The second kappa shape index (κ2) is 8.16. The minimum absolute atomic E-state index is 0.0290. The highest BCUT2D eigenvalue weighted by Crippen LogP contribution is 2.29. The van der Waals surface area contributed by atoms with Crippen LogP contribution in [0.5, 0.6) is 11.5 Å². The van der Waals surface area contributed by atoms with Crippen molar-refractivity contribution in [2.45, 2.75) is 31.1 Å². The molecule has 0 amide bonds. The number of thiophene rings is 1. The minimum atomic E-state index is -3.62. The number of sulfonamides is 1. The summed E-state index contributed by atoms with van der Waals surface area (Å²) in [4.78, 5) is 2.19. The number of hydrazone groups is 1. The molecular weight excluding hydrogens is 348 g/mol. The maximum absolute atomic E-state index is 12.0. The zero-order valence-electron chi connectivity index (χ0n) is 13.7. The molecule has 0 fully saturated rings. The lowest BCUT2D eigenvalue weighted by Crippen LogP contribution is -2.17. The first-order valence-electron chi connectivity index (χ1n) is 7.44. The van der Waals surface area contributed by atoms with Gasteiger partial charge in [0.1, 0.15) is 4.21 Å². The normalized spacial score (nSPS) is 11.8. The third-order valence-electron chi connectivity index (χ3n) is 2.78. The molecular formula is C16H20N2O4S2. The van der Waals surface area contributed by atoms with Crippen LogP contribution in [0.15, 0.2) is 45.0 Å². The molecule has 1 N–H and O–H groups in total. The number of nitrogens with zero attached hydrogens (tertiary/aromatic N) is 1. The smallest absolute Gasteiger partial charge is 0.286 e. The summed E-state index contributed by atoms with van der Waals surface area (Å²) in [5, 5.41) is 5.50. The number of ether oxygens (including phenoxy) is 2. The van der Waals surface area contributed by atoms with E-state index in [4.69, 9.17) is 9.47 Å². The number of rotatable bonds is 8. The molecule has 6 nitrogen and oxygen atoms in total. The van der Waals surface area contributed by atoms with Crippen LogP contribution in [0.25, 0.3) is 0 Å². The van der Waals surface area contributed by atoms with Crippen LogP contribution in [0.3, 0.4) is 0 Å². The highest BCUT2D eigenvalue weighted by Gasteiger charge is 2.13. The van der Waals surface area contributed by atoms with Crippen LogP contribution in [0.2, 0.25) is 0 Å². The second-order valence-corrected chi connectivity index (χ2v) is 7.93.